The van der Waals surface area contributed by atoms with E-state index in [-0.39, 0.29) is 6.04 Å². The molecular weight excluding hydrogens is 497 g/mol. The average Bonchev–Trinajstić information content (AvgIpc) is 3.22. The van der Waals surface area contributed by atoms with E-state index in [1.165, 1.54) is 0 Å². The standard InChI is InChI=1S/C27H23Cl2N5S/c1-15-23(26-32-33-27(35-3)34(26)2)24(17-5-4-6-20(29)13-17)21-14-18(9-12-22(21)31-15)25(30)16-7-10-19(28)11-8-16/h4-14,25H,30H2,1-3H3. The lowest BCUT2D eigenvalue weighted by Crippen LogP contribution is -2.12. The number of fused-ring (bicyclic) bond motifs is 1. The monoisotopic (exact) mass is 519 g/mol. The fraction of sp³-hybridized carbons (Fsp3) is 0.148. The van der Waals surface area contributed by atoms with Crippen LogP contribution in [0.15, 0.2) is 71.9 Å². The average molecular weight is 520 g/mol. The molecule has 1 unspecified atom stereocenters. The van der Waals surface area contributed by atoms with E-state index < -0.39 is 0 Å². The number of benzene rings is 3. The van der Waals surface area contributed by atoms with Crippen molar-refractivity contribution in [3.63, 3.8) is 0 Å². The summed E-state index contributed by atoms with van der Waals surface area (Å²) in [6, 6.07) is 21.3. The van der Waals surface area contributed by atoms with E-state index in [0.717, 1.165) is 55.4 Å². The van der Waals surface area contributed by atoms with Crippen molar-refractivity contribution in [1.82, 2.24) is 19.7 Å². The molecule has 5 rings (SSSR count). The number of nitrogens with two attached hydrogens (primary N) is 1. The van der Waals surface area contributed by atoms with Gasteiger partial charge in [0.1, 0.15) is 0 Å². The first-order chi connectivity index (χ1) is 16.9. The molecule has 8 heteroatoms. The summed E-state index contributed by atoms with van der Waals surface area (Å²) in [5.41, 5.74) is 13.3. The first-order valence-electron chi connectivity index (χ1n) is 11.0. The Morgan fingerprint density at radius 2 is 1.63 bits per heavy atom. The van der Waals surface area contributed by atoms with E-state index in [4.69, 9.17) is 33.9 Å². The number of aryl methyl sites for hydroxylation is 1. The predicted molar refractivity (Wildman–Crippen MR) is 146 cm³/mol. The molecular formula is C27H23Cl2N5S. The Bertz CT molecular complexity index is 1550. The van der Waals surface area contributed by atoms with E-state index in [1.807, 2.05) is 79.4 Å². The Morgan fingerprint density at radius 1 is 0.886 bits per heavy atom. The molecule has 0 bridgehead atoms. The van der Waals surface area contributed by atoms with E-state index in [2.05, 4.69) is 22.3 Å². The van der Waals surface area contributed by atoms with Crippen molar-refractivity contribution in [3.8, 4) is 22.5 Å². The summed E-state index contributed by atoms with van der Waals surface area (Å²) < 4.78 is 2.00. The van der Waals surface area contributed by atoms with Crippen LogP contribution in [0.25, 0.3) is 33.4 Å². The molecule has 0 spiro atoms. The first kappa shape index (κ1) is 23.8. The van der Waals surface area contributed by atoms with Crippen LogP contribution in [0.1, 0.15) is 22.9 Å². The number of pyridine rings is 1. The molecule has 3 aromatic carbocycles. The highest BCUT2D eigenvalue weighted by molar-refractivity contribution is 7.98. The Labute approximate surface area is 218 Å². The van der Waals surface area contributed by atoms with Crippen LogP contribution in [0.3, 0.4) is 0 Å². The van der Waals surface area contributed by atoms with Crippen LogP contribution in [0.2, 0.25) is 10.0 Å². The van der Waals surface area contributed by atoms with Gasteiger partial charge in [0, 0.05) is 39.3 Å². The van der Waals surface area contributed by atoms with Crippen LogP contribution in [0.5, 0.6) is 0 Å². The molecule has 0 aliphatic rings. The zero-order valence-corrected chi connectivity index (χ0v) is 21.8. The fourth-order valence-electron chi connectivity index (χ4n) is 4.39. The lowest BCUT2D eigenvalue weighted by molar-refractivity contribution is 0.795. The molecule has 5 nitrogen and oxygen atoms in total. The molecule has 0 saturated carbocycles. The van der Waals surface area contributed by atoms with Crippen LogP contribution in [0, 0.1) is 6.92 Å². The van der Waals surface area contributed by atoms with E-state index >= 15 is 0 Å². The maximum absolute atomic E-state index is 6.68. The predicted octanol–water partition coefficient (Wildman–Crippen LogP) is 7.08. The van der Waals surface area contributed by atoms with Gasteiger partial charge in [-0.1, -0.05) is 65.3 Å². The van der Waals surface area contributed by atoms with Gasteiger partial charge in [0.2, 0.25) is 0 Å². The summed E-state index contributed by atoms with van der Waals surface area (Å²) in [6.07, 6.45) is 1.99. The van der Waals surface area contributed by atoms with Crippen LogP contribution >= 0.6 is 35.0 Å². The minimum absolute atomic E-state index is 0.313. The molecule has 2 aromatic heterocycles. The van der Waals surface area contributed by atoms with Crippen molar-refractivity contribution in [2.45, 2.75) is 18.1 Å². The Morgan fingerprint density at radius 3 is 2.31 bits per heavy atom. The zero-order chi connectivity index (χ0) is 24.7. The highest BCUT2D eigenvalue weighted by Crippen LogP contribution is 2.40. The van der Waals surface area contributed by atoms with Gasteiger partial charge in [-0.15, -0.1) is 10.2 Å². The Hall–Kier alpha value is -2.90. The van der Waals surface area contributed by atoms with Gasteiger partial charge in [-0.3, -0.25) is 4.98 Å². The lowest BCUT2D eigenvalue weighted by Gasteiger charge is -2.18. The summed E-state index contributed by atoms with van der Waals surface area (Å²) in [7, 11) is 1.97. The Kier molecular flexibility index (Phi) is 6.55. The summed E-state index contributed by atoms with van der Waals surface area (Å²) in [4.78, 5) is 4.94. The molecule has 0 aliphatic heterocycles. The van der Waals surface area contributed by atoms with Gasteiger partial charge in [-0.2, -0.15) is 0 Å². The highest BCUT2D eigenvalue weighted by Gasteiger charge is 2.22. The Balaban J connectivity index is 1.80. The largest absolute Gasteiger partial charge is 0.320 e. The minimum Gasteiger partial charge on any atom is -0.320 e. The molecule has 0 aliphatic carbocycles. The SMILES string of the molecule is CSc1nnc(-c2c(C)nc3ccc(C(N)c4ccc(Cl)cc4)cc3c2-c2cccc(Cl)c2)n1C. The lowest BCUT2D eigenvalue weighted by atomic mass is 9.91. The maximum Gasteiger partial charge on any atom is 0.190 e. The van der Waals surface area contributed by atoms with Crippen molar-refractivity contribution in [2.75, 3.05) is 6.26 Å². The summed E-state index contributed by atoms with van der Waals surface area (Å²) >= 11 is 14.1. The number of rotatable bonds is 5. The van der Waals surface area contributed by atoms with E-state index in [0.29, 0.717) is 10.0 Å². The number of hydrogen-bond donors (Lipinski definition) is 1. The van der Waals surface area contributed by atoms with Gasteiger partial charge in [0.25, 0.3) is 0 Å². The third kappa shape index (κ3) is 4.43. The van der Waals surface area contributed by atoms with Gasteiger partial charge in [0.15, 0.2) is 11.0 Å². The molecule has 0 radical (unpaired) electrons. The van der Waals surface area contributed by atoms with Crippen LogP contribution in [0.4, 0.5) is 0 Å². The summed E-state index contributed by atoms with van der Waals surface area (Å²) in [6.45, 7) is 2.00. The molecule has 0 fully saturated rings. The van der Waals surface area contributed by atoms with Gasteiger partial charge in [0.05, 0.1) is 11.6 Å². The number of thioether (sulfide) groups is 1. The second-order valence-electron chi connectivity index (χ2n) is 8.33. The van der Waals surface area contributed by atoms with Gasteiger partial charge < -0.3 is 10.3 Å². The molecule has 0 amide bonds. The second kappa shape index (κ2) is 9.63. The van der Waals surface area contributed by atoms with Crippen molar-refractivity contribution in [1.29, 1.82) is 0 Å². The van der Waals surface area contributed by atoms with Crippen molar-refractivity contribution in [2.24, 2.45) is 12.8 Å². The molecule has 1 atom stereocenters. The van der Waals surface area contributed by atoms with E-state index in [1.54, 1.807) is 11.8 Å². The van der Waals surface area contributed by atoms with Gasteiger partial charge in [-0.05, 0) is 66.3 Å². The van der Waals surface area contributed by atoms with E-state index in [9.17, 15) is 0 Å². The molecule has 176 valence electrons. The van der Waals surface area contributed by atoms with Crippen molar-refractivity contribution in [3.05, 3.63) is 93.6 Å². The number of aromatic nitrogens is 4. The number of nitrogens with zero attached hydrogens (tertiary/aromatic N) is 4. The maximum atomic E-state index is 6.68. The third-order valence-corrected chi connectivity index (χ3v) is 7.34. The molecule has 5 aromatic rings. The first-order valence-corrected chi connectivity index (χ1v) is 13.0. The van der Waals surface area contributed by atoms with Gasteiger partial charge in [-0.25, -0.2) is 0 Å². The topological polar surface area (TPSA) is 69.6 Å². The van der Waals surface area contributed by atoms with Crippen LogP contribution < -0.4 is 5.73 Å². The zero-order valence-electron chi connectivity index (χ0n) is 19.5. The molecule has 0 saturated heterocycles. The minimum atomic E-state index is -0.313. The smallest absolute Gasteiger partial charge is 0.190 e. The highest BCUT2D eigenvalue weighted by atomic mass is 35.5. The normalized spacial score (nSPS) is 12.3. The molecule has 2 N–H and O–H groups in total. The summed E-state index contributed by atoms with van der Waals surface area (Å²) in [5.74, 6) is 0.753. The summed E-state index contributed by atoms with van der Waals surface area (Å²) in [5, 5.41) is 12.0. The van der Waals surface area contributed by atoms with Crippen molar-refractivity contribution >= 4 is 45.9 Å². The number of halogens is 2. The number of hydrogen-bond acceptors (Lipinski definition) is 5. The van der Waals surface area contributed by atoms with Crippen molar-refractivity contribution < 1.29 is 0 Å². The second-order valence-corrected chi connectivity index (χ2v) is 9.98. The van der Waals surface area contributed by atoms with Crippen LogP contribution in [-0.4, -0.2) is 26.0 Å². The van der Waals surface area contributed by atoms with Crippen LogP contribution in [-0.2, 0) is 7.05 Å². The third-order valence-electron chi connectivity index (χ3n) is 6.13. The molecule has 2 heterocycles. The van der Waals surface area contributed by atoms with Gasteiger partial charge >= 0.3 is 0 Å². The quantitative estimate of drug-likeness (QED) is 0.251. The molecule has 35 heavy (non-hydrogen) atoms. The fourth-order valence-corrected chi connectivity index (χ4v) is 5.19.